The van der Waals surface area contributed by atoms with Crippen molar-refractivity contribution < 1.29 is 71.5 Å². The van der Waals surface area contributed by atoms with Gasteiger partial charge in [0.2, 0.25) is 0 Å². The van der Waals surface area contributed by atoms with Gasteiger partial charge < -0.3 is 43.2 Å². The van der Waals surface area contributed by atoms with Crippen molar-refractivity contribution in [1.82, 2.24) is 5.32 Å². The second-order valence-electron chi connectivity index (χ2n) is 11.4. The van der Waals surface area contributed by atoms with Crippen molar-refractivity contribution in [2.75, 3.05) is 66.0 Å². The second-order valence-corrected chi connectivity index (χ2v) is 11.4. The van der Waals surface area contributed by atoms with Crippen molar-refractivity contribution in [1.29, 1.82) is 0 Å². The highest BCUT2D eigenvalue weighted by Gasteiger charge is 2.40. The first-order chi connectivity index (χ1) is 23.6. The predicted molar refractivity (Wildman–Crippen MR) is 176 cm³/mol. The molecule has 0 aromatic heterocycles. The van der Waals surface area contributed by atoms with E-state index >= 15 is 0 Å². The summed E-state index contributed by atoms with van der Waals surface area (Å²) in [6.07, 6.45) is 3.95. The van der Waals surface area contributed by atoms with Crippen molar-refractivity contribution in [3.8, 4) is 0 Å². The maximum Gasteiger partial charge on any atom is 0.407 e. The number of hydrogen-bond acceptors (Lipinski definition) is 15. The van der Waals surface area contributed by atoms with Gasteiger partial charge in [0, 0.05) is 30.4 Å². The maximum absolute atomic E-state index is 12.6. The Balaban J connectivity index is 6.25. The van der Waals surface area contributed by atoms with Crippen LogP contribution in [0.5, 0.6) is 0 Å². The third-order valence-electron chi connectivity index (χ3n) is 6.80. The highest BCUT2D eigenvalue weighted by molar-refractivity contribution is 5.83. The molecule has 0 atom stereocenters. The van der Waals surface area contributed by atoms with Crippen molar-refractivity contribution in [3.63, 3.8) is 0 Å². The summed E-state index contributed by atoms with van der Waals surface area (Å²) in [6, 6.07) is 0. The number of carbonyl (C=O) groups is 7. The van der Waals surface area contributed by atoms with Crippen molar-refractivity contribution in [3.05, 3.63) is 63.3 Å². The van der Waals surface area contributed by atoms with E-state index in [0.717, 1.165) is 30.4 Å². The summed E-state index contributed by atoms with van der Waals surface area (Å²) in [4.78, 5) is 84.7. The Morgan fingerprint density at radius 2 is 0.840 bits per heavy atom. The molecule has 0 aliphatic carbocycles. The van der Waals surface area contributed by atoms with Gasteiger partial charge in [-0.15, -0.1) is 0 Å². The zero-order chi connectivity index (χ0) is 38.2. The lowest BCUT2D eigenvalue weighted by atomic mass is 9.90. The summed E-state index contributed by atoms with van der Waals surface area (Å²) >= 11 is 0. The lowest BCUT2D eigenvalue weighted by molar-refractivity contribution is -0.167. The number of esters is 6. The zero-order valence-corrected chi connectivity index (χ0v) is 28.8. The molecule has 0 spiro atoms. The Labute approximate surface area is 291 Å². The van der Waals surface area contributed by atoms with Crippen molar-refractivity contribution in [2.45, 2.75) is 27.2 Å². The summed E-state index contributed by atoms with van der Waals surface area (Å²) in [5.74, 6) is -4.76. The fourth-order valence-electron chi connectivity index (χ4n) is 3.31. The number of carbonyl (C=O) groups excluding carboxylic acids is 7. The van der Waals surface area contributed by atoms with E-state index in [1.165, 1.54) is 0 Å². The number of amides is 1. The number of rotatable bonds is 26. The van der Waals surface area contributed by atoms with Gasteiger partial charge in [-0.05, 0) is 20.3 Å². The minimum atomic E-state index is -1.59. The van der Waals surface area contributed by atoms with Crippen LogP contribution in [-0.2, 0) is 66.7 Å². The molecule has 16 heteroatoms. The van der Waals surface area contributed by atoms with Gasteiger partial charge in [-0.1, -0.05) is 39.8 Å². The van der Waals surface area contributed by atoms with Gasteiger partial charge in [0.15, 0.2) is 0 Å². The summed E-state index contributed by atoms with van der Waals surface area (Å²) in [6.45, 7) is 17.5. The smallest absolute Gasteiger partial charge is 0.407 e. The molecule has 0 fully saturated rings. The topological polar surface area (TPSA) is 205 Å². The lowest BCUT2D eigenvalue weighted by Gasteiger charge is -2.35. The van der Waals surface area contributed by atoms with Crippen LogP contribution < -0.4 is 5.32 Å². The first-order valence-corrected chi connectivity index (χ1v) is 15.2. The van der Waals surface area contributed by atoms with Gasteiger partial charge in [-0.3, -0.25) is 4.79 Å². The molecule has 0 unspecified atom stereocenters. The highest BCUT2D eigenvalue weighted by atomic mass is 16.6. The monoisotopic (exact) mass is 709 g/mol. The van der Waals surface area contributed by atoms with Crippen LogP contribution in [0.25, 0.3) is 0 Å². The minimum Gasteiger partial charge on any atom is -0.463 e. The molecule has 50 heavy (non-hydrogen) atoms. The third-order valence-corrected chi connectivity index (χ3v) is 6.80. The van der Waals surface area contributed by atoms with Gasteiger partial charge in [0.05, 0.1) is 36.0 Å². The average Bonchev–Trinajstić information content (AvgIpc) is 3.12. The largest absolute Gasteiger partial charge is 0.463 e. The van der Waals surface area contributed by atoms with Crippen LogP contribution in [0.15, 0.2) is 63.3 Å². The molecule has 278 valence electrons. The van der Waals surface area contributed by atoms with Crippen LogP contribution in [0.1, 0.15) is 27.2 Å². The summed E-state index contributed by atoms with van der Waals surface area (Å²) in [5.41, 5.74) is -3.85. The molecule has 1 N–H and O–H groups in total. The maximum atomic E-state index is 12.6. The first kappa shape index (κ1) is 44.8. The fourth-order valence-corrected chi connectivity index (χ4v) is 3.31. The predicted octanol–water partition coefficient (Wildman–Crippen LogP) is 2.33. The number of hydrogen-bond donors (Lipinski definition) is 1. The SMILES string of the molecule is C=CC(=O)OCC(COCC(COC(=O)C=C)(COC(=O)C=C)COC(=O)NCCOC(=O)C(C)(C)CC)(COC(=O)C=C)COC(=O)C=C. The average molecular weight is 710 g/mol. The van der Waals surface area contributed by atoms with Gasteiger partial charge in [-0.25, -0.2) is 28.8 Å². The molecular formula is C34H47NO15. The van der Waals surface area contributed by atoms with Crippen LogP contribution in [0.4, 0.5) is 4.79 Å². The molecule has 0 aromatic carbocycles. The van der Waals surface area contributed by atoms with E-state index in [2.05, 4.69) is 38.2 Å². The van der Waals surface area contributed by atoms with Gasteiger partial charge in [0.25, 0.3) is 0 Å². The van der Waals surface area contributed by atoms with Gasteiger partial charge >= 0.3 is 41.9 Å². The molecule has 0 aliphatic rings. The Bertz CT molecular complexity index is 1170. The zero-order valence-electron chi connectivity index (χ0n) is 28.8. The van der Waals surface area contributed by atoms with Crippen LogP contribution >= 0.6 is 0 Å². The fraction of sp³-hybridized carbons (Fsp3) is 0.500. The quantitative estimate of drug-likeness (QED) is 0.0592. The van der Waals surface area contributed by atoms with Crippen molar-refractivity contribution in [2.24, 2.45) is 16.2 Å². The first-order valence-electron chi connectivity index (χ1n) is 15.2. The number of alkyl carbamates (subject to hydrolysis) is 1. The van der Waals surface area contributed by atoms with Crippen LogP contribution in [0, 0.1) is 16.2 Å². The molecule has 16 nitrogen and oxygen atoms in total. The molecule has 0 bridgehead atoms. The van der Waals surface area contributed by atoms with E-state index in [0.29, 0.717) is 6.42 Å². The Morgan fingerprint density at radius 3 is 1.14 bits per heavy atom. The summed E-state index contributed by atoms with van der Waals surface area (Å²) in [5, 5.41) is 2.41. The molecule has 0 radical (unpaired) electrons. The minimum absolute atomic E-state index is 0.108. The molecular weight excluding hydrogens is 662 g/mol. The molecule has 0 saturated heterocycles. The summed E-state index contributed by atoms with van der Waals surface area (Å²) < 4.78 is 42.5. The Kier molecular flexibility index (Phi) is 20.7. The van der Waals surface area contributed by atoms with Crippen molar-refractivity contribution >= 4 is 41.9 Å². The van der Waals surface area contributed by atoms with E-state index in [1.807, 2.05) is 6.92 Å². The van der Waals surface area contributed by atoms with Gasteiger partial charge in [-0.2, -0.15) is 0 Å². The van der Waals surface area contributed by atoms with E-state index in [9.17, 15) is 33.6 Å². The van der Waals surface area contributed by atoms with E-state index in [-0.39, 0.29) is 13.2 Å². The third kappa shape index (κ3) is 17.8. The van der Waals surface area contributed by atoms with Gasteiger partial charge in [0.1, 0.15) is 46.2 Å². The molecule has 1 amide bonds. The lowest BCUT2D eigenvalue weighted by Crippen LogP contribution is -2.47. The molecule has 0 aliphatic heterocycles. The summed E-state index contributed by atoms with van der Waals surface area (Å²) in [7, 11) is 0. The van der Waals surface area contributed by atoms with Crippen LogP contribution in [0.2, 0.25) is 0 Å². The van der Waals surface area contributed by atoms with E-state index in [1.54, 1.807) is 13.8 Å². The Morgan fingerprint density at radius 1 is 0.520 bits per heavy atom. The Hall–Kier alpha value is -5.25. The molecule has 0 heterocycles. The van der Waals surface area contributed by atoms with E-state index < -0.39 is 111 Å². The number of nitrogens with one attached hydrogen (secondary N) is 1. The highest BCUT2D eigenvalue weighted by Crippen LogP contribution is 2.26. The second kappa shape index (κ2) is 23.2. The number of ether oxygens (including phenoxy) is 8. The molecule has 0 saturated carbocycles. The van der Waals surface area contributed by atoms with Crippen LogP contribution in [-0.4, -0.2) is 108 Å². The van der Waals surface area contributed by atoms with Crippen LogP contribution in [0.3, 0.4) is 0 Å². The molecule has 0 rings (SSSR count). The van der Waals surface area contributed by atoms with E-state index in [4.69, 9.17) is 37.9 Å². The standard InChI is InChI=1S/C34H47NO15/c1-9-25(36)45-19-33(20-46-26(37)10-2,21-47-27(38)11-3)17-43-18-34(22-48-28(39)12-4,23-49-29(40)13-5)24-50-31(42)35-15-16-44-30(41)32(7,8)14-6/h9-13H,1-5,14-24H2,6-8H3,(H,35,42). The normalized spacial score (nSPS) is 11.0. The molecule has 0 aromatic rings.